The molecule has 0 aliphatic rings. The maximum atomic E-state index is 13.4. The number of hydrogen-bond acceptors (Lipinski definition) is 4. The second-order valence-corrected chi connectivity index (χ2v) is 7.42. The Bertz CT molecular complexity index is 522. The molecule has 1 aromatic carbocycles. The van der Waals surface area contributed by atoms with Crippen LogP contribution in [0.4, 0.5) is 4.39 Å². The molecule has 3 N–H and O–H groups in total. The van der Waals surface area contributed by atoms with Crippen LogP contribution in [-0.4, -0.2) is 26.0 Å². The Balaban J connectivity index is 2.97. The number of hydrogen-bond donors (Lipinski definition) is 2. The van der Waals surface area contributed by atoms with Gasteiger partial charge in [-0.2, -0.15) is 0 Å². The Labute approximate surface area is 115 Å². The van der Waals surface area contributed by atoms with Crippen molar-refractivity contribution in [3.05, 3.63) is 34.1 Å². The molecule has 0 saturated carbocycles. The molecule has 102 valence electrons. The Kier molecular flexibility index (Phi) is 5.27. The fraction of sp³-hybridized carbons (Fsp3) is 0.455. The molecule has 1 aromatic rings. The molecule has 0 fully saturated rings. The summed E-state index contributed by atoms with van der Waals surface area (Å²) < 4.78 is 36.7. The van der Waals surface area contributed by atoms with Crippen LogP contribution in [-0.2, 0) is 16.3 Å². The molecule has 4 nitrogen and oxygen atoms in total. The molecule has 1 rings (SSSR count). The second-order valence-electron chi connectivity index (χ2n) is 4.22. The smallest absolute Gasteiger partial charge is 0.151 e. The van der Waals surface area contributed by atoms with E-state index in [-0.39, 0.29) is 5.82 Å². The predicted molar refractivity (Wildman–Crippen MR) is 73.2 cm³/mol. The number of nitrogens with two attached hydrogens (primary N) is 1. The Morgan fingerprint density at radius 3 is 2.61 bits per heavy atom. The van der Waals surface area contributed by atoms with E-state index in [2.05, 4.69) is 21.4 Å². The monoisotopic (exact) mass is 338 g/mol. The molecule has 2 unspecified atom stereocenters. The van der Waals surface area contributed by atoms with E-state index in [9.17, 15) is 12.8 Å². The zero-order valence-corrected chi connectivity index (χ0v) is 12.6. The van der Waals surface area contributed by atoms with E-state index >= 15 is 0 Å². The molecule has 0 bridgehead atoms. The average molecular weight is 339 g/mol. The predicted octanol–water partition coefficient (Wildman–Crippen LogP) is 1.40. The third kappa shape index (κ3) is 3.74. The molecule has 0 radical (unpaired) electrons. The third-order valence-electron chi connectivity index (χ3n) is 2.93. The van der Waals surface area contributed by atoms with Crippen molar-refractivity contribution in [3.8, 4) is 0 Å². The van der Waals surface area contributed by atoms with Crippen LogP contribution in [0, 0.1) is 5.82 Å². The van der Waals surface area contributed by atoms with Gasteiger partial charge in [-0.05, 0) is 40.9 Å². The largest absolute Gasteiger partial charge is 0.271 e. The molecule has 0 saturated heterocycles. The van der Waals surface area contributed by atoms with Gasteiger partial charge in [-0.25, -0.2) is 12.8 Å². The molecule has 0 heterocycles. The summed E-state index contributed by atoms with van der Waals surface area (Å²) in [6.07, 6.45) is 1.48. The highest BCUT2D eigenvalue weighted by Gasteiger charge is 2.26. The molecular formula is C11H16BrFN2O2S. The summed E-state index contributed by atoms with van der Waals surface area (Å²) in [5.74, 6) is 5.00. The molecule has 0 spiro atoms. The van der Waals surface area contributed by atoms with E-state index in [0.717, 1.165) is 6.26 Å². The van der Waals surface area contributed by atoms with Crippen LogP contribution in [0.5, 0.6) is 0 Å². The first-order chi connectivity index (χ1) is 8.27. The standard InChI is InChI=1S/C11H16BrFN2O2S/c1-7(18(2,16)17)10(15-14)6-8-4-3-5-9(13)11(8)12/h3-5,7,10,15H,6,14H2,1-2H3. The third-order valence-corrected chi connectivity index (χ3v) is 5.49. The van der Waals surface area contributed by atoms with Crippen LogP contribution in [0.2, 0.25) is 0 Å². The van der Waals surface area contributed by atoms with E-state index in [1.54, 1.807) is 19.1 Å². The summed E-state index contributed by atoms with van der Waals surface area (Å²) in [6.45, 7) is 1.58. The van der Waals surface area contributed by atoms with Crippen LogP contribution in [0.1, 0.15) is 12.5 Å². The van der Waals surface area contributed by atoms with Gasteiger partial charge in [0, 0.05) is 12.3 Å². The molecular weight excluding hydrogens is 323 g/mol. The number of rotatable bonds is 5. The van der Waals surface area contributed by atoms with Gasteiger partial charge in [0.1, 0.15) is 5.82 Å². The van der Waals surface area contributed by atoms with Crippen molar-refractivity contribution in [2.24, 2.45) is 5.84 Å². The van der Waals surface area contributed by atoms with E-state index < -0.39 is 21.1 Å². The summed E-state index contributed by atoms with van der Waals surface area (Å²) in [5.41, 5.74) is 3.16. The molecule has 0 aliphatic heterocycles. The summed E-state index contributed by atoms with van der Waals surface area (Å²) in [6, 6.07) is 4.16. The molecule has 0 amide bonds. The van der Waals surface area contributed by atoms with Crippen molar-refractivity contribution in [2.75, 3.05) is 6.26 Å². The minimum atomic E-state index is -3.21. The van der Waals surface area contributed by atoms with Gasteiger partial charge in [-0.3, -0.25) is 11.3 Å². The normalized spacial score (nSPS) is 15.4. The Morgan fingerprint density at radius 1 is 1.50 bits per heavy atom. The topological polar surface area (TPSA) is 72.2 Å². The molecule has 2 atom stereocenters. The first-order valence-corrected chi connectivity index (χ1v) is 8.10. The van der Waals surface area contributed by atoms with E-state index in [1.807, 2.05) is 0 Å². The SMILES string of the molecule is CC(C(Cc1cccc(F)c1Br)NN)S(C)(=O)=O. The number of nitrogens with one attached hydrogen (secondary N) is 1. The van der Waals surface area contributed by atoms with Crippen LogP contribution >= 0.6 is 15.9 Å². The first-order valence-electron chi connectivity index (χ1n) is 5.35. The lowest BCUT2D eigenvalue weighted by molar-refractivity contribution is 0.492. The minimum Gasteiger partial charge on any atom is -0.271 e. The summed E-state index contributed by atoms with van der Waals surface area (Å²) in [4.78, 5) is 0. The van der Waals surface area contributed by atoms with Gasteiger partial charge in [0.15, 0.2) is 9.84 Å². The average Bonchev–Trinajstić information content (AvgIpc) is 2.29. The maximum absolute atomic E-state index is 13.4. The lowest BCUT2D eigenvalue weighted by Gasteiger charge is -2.22. The fourth-order valence-corrected chi connectivity index (χ4v) is 2.80. The second kappa shape index (κ2) is 6.10. The van der Waals surface area contributed by atoms with Crippen molar-refractivity contribution in [1.82, 2.24) is 5.43 Å². The lowest BCUT2D eigenvalue weighted by Crippen LogP contribution is -2.47. The van der Waals surface area contributed by atoms with Crippen LogP contribution in [0.3, 0.4) is 0 Å². The van der Waals surface area contributed by atoms with Crippen molar-refractivity contribution in [1.29, 1.82) is 0 Å². The van der Waals surface area contributed by atoms with Gasteiger partial charge in [0.25, 0.3) is 0 Å². The highest BCUT2D eigenvalue weighted by Crippen LogP contribution is 2.22. The molecule has 18 heavy (non-hydrogen) atoms. The number of halogens is 2. The van der Waals surface area contributed by atoms with E-state index in [4.69, 9.17) is 5.84 Å². The molecule has 0 aromatic heterocycles. The van der Waals surface area contributed by atoms with Crippen molar-refractivity contribution in [3.63, 3.8) is 0 Å². The first kappa shape index (κ1) is 15.6. The zero-order chi connectivity index (χ0) is 13.9. The van der Waals surface area contributed by atoms with Crippen LogP contribution in [0.15, 0.2) is 22.7 Å². The lowest BCUT2D eigenvalue weighted by atomic mass is 10.0. The van der Waals surface area contributed by atoms with Gasteiger partial charge in [-0.15, -0.1) is 0 Å². The van der Waals surface area contributed by atoms with Gasteiger partial charge in [0.2, 0.25) is 0 Å². The molecule has 0 aliphatic carbocycles. The Hall–Kier alpha value is -0.500. The number of hydrazine groups is 1. The summed E-state index contributed by atoms with van der Waals surface area (Å²) in [5, 5.41) is -0.655. The summed E-state index contributed by atoms with van der Waals surface area (Å²) >= 11 is 3.14. The van der Waals surface area contributed by atoms with E-state index in [0.29, 0.717) is 16.5 Å². The zero-order valence-electron chi connectivity index (χ0n) is 10.2. The number of benzene rings is 1. The molecule has 7 heteroatoms. The van der Waals surface area contributed by atoms with Crippen LogP contribution < -0.4 is 11.3 Å². The maximum Gasteiger partial charge on any atom is 0.151 e. The van der Waals surface area contributed by atoms with Crippen molar-refractivity contribution < 1.29 is 12.8 Å². The number of sulfone groups is 1. The van der Waals surface area contributed by atoms with Crippen molar-refractivity contribution >= 4 is 25.8 Å². The minimum absolute atomic E-state index is 0.322. The fourth-order valence-electron chi connectivity index (χ4n) is 1.60. The highest BCUT2D eigenvalue weighted by molar-refractivity contribution is 9.10. The van der Waals surface area contributed by atoms with Gasteiger partial charge < -0.3 is 0 Å². The summed E-state index contributed by atoms with van der Waals surface area (Å²) in [7, 11) is -3.21. The van der Waals surface area contributed by atoms with Gasteiger partial charge in [-0.1, -0.05) is 12.1 Å². The Morgan fingerprint density at radius 2 is 2.11 bits per heavy atom. The van der Waals surface area contributed by atoms with Crippen LogP contribution in [0.25, 0.3) is 0 Å². The van der Waals surface area contributed by atoms with E-state index in [1.165, 1.54) is 6.07 Å². The van der Waals surface area contributed by atoms with Gasteiger partial charge in [0.05, 0.1) is 9.72 Å². The van der Waals surface area contributed by atoms with Crippen molar-refractivity contribution in [2.45, 2.75) is 24.6 Å². The van der Waals surface area contributed by atoms with Gasteiger partial charge >= 0.3 is 0 Å². The highest BCUT2D eigenvalue weighted by atomic mass is 79.9. The quantitative estimate of drug-likeness (QED) is 0.628.